The molecule has 1 rings (SSSR count). The van der Waals surface area contributed by atoms with Gasteiger partial charge in [-0.15, -0.1) is 0 Å². The van der Waals surface area contributed by atoms with Crippen molar-refractivity contribution in [2.45, 2.75) is 51.7 Å². The zero-order valence-electron chi connectivity index (χ0n) is 11.7. The number of likely N-dealkylation sites (tertiary alicyclic amines) is 1. The van der Waals surface area contributed by atoms with Crippen LogP contribution in [0.15, 0.2) is 0 Å². The third-order valence-electron chi connectivity index (χ3n) is 3.55. The minimum atomic E-state index is -0.641. The molecular weight excluding hydrogens is 232 g/mol. The highest BCUT2D eigenvalue weighted by atomic mass is 16.6. The topological polar surface area (TPSA) is 61.8 Å². The highest BCUT2D eigenvalue weighted by molar-refractivity contribution is 5.67. The van der Waals surface area contributed by atoms with Crippen LogP contribution in [0.25, 0.3) is 0 Å². The van der Waals surface area contributed by atoms with Crippen molar-refractivity contribution in [2.75, 3.05) is 26.2 Å². The Morgan fingerprint density at radius 1 is 1.44 bits per heavy atom. The summed E-state index contributed by atoms with van der Waals surface area (Å²) in [5.41, 5.74) is -0.641. The molecule has 0 saturated carbocycles. The maximum atomic E-state index is 11.5. The Bertz CT molecular complexity index is 261. The van der Waals surface area contributed by atoms with E-state index >= 15 is 0 Å². The summed E-state index contributed by atoms with van der Waals surface area (Å²) in [6.45, 7) is 8.12. The van der Waals surface area contributed by atoms with Crippen molar-refractivity contribution in [1.29, 1.82) is 0 Å². The molecule has 2 N–H and O–H groups in total. The molecule has 1 atom stereocenters. The van der Waals surface area contributed by atoms with Crippen LogP contribution >= 0.6 is 0 Å². The molecule has 18 heavy (non-hydrogen) atoms. The molecule has 1 amide bonds. The Hall–Kier alpha value is -0.810. The lowest BCUT2D eigenvalue weighted by molar-refractivity contribution is 0.0480. The normalized spacial score (nSPS) is 20.6. The van der Waals surface area contributed by atoms with Crippen molar-refractivity contribution in [2.24, 2.45) is 0 Å². The van der Waals surface area contributed by atoms with E-state index in [2.05, 4.69) is 5.32 Å². The van der Waals surface area contributed by atoms with Crippen LogP contribution in [-0.2, 0) is 4.74 Å². The van der Waals surface area contributed by atoms with Gasteiger partial charge in [0.2, 0.25) is 0 Å². The fourth-order valence-electron chi connectivity index (χ4n) is 1.97. The second kappa shape index (κ2) is 6.95. The van der Waals surface area contributed by atoms with Crippen molar-refractivity contribution < 1.29 is 14.6 Å². The Morgan fingerprint density at radius 3 is 2.56 bits per heavy atom. The summed E-state index contributed by atoms with van der Waals surface area (Å²) in [6, 6.07) is 0.383. The molecule has 1 aliphatic rings. The lowest BCUT2D eigenvalue weighted by Crippen LogP contribution is -2.48. The summed E-state index contributed by atoms with van der Waals surface area (Å²) in [7, 11) is 0. The van der Waals surface area contributed by atoms with Gasteiger partial charge in [-0.1, -0.05) is 6.92 Å². The maximum Gasteiger partial charge on any atom is 0.409 e. The van der Waals surface area contributed by atoms with Crippen molar-refractivity contribution >= 4 is 6.09 Å². The number of amides is 1. The van der Waals surface area contributed by atoms with E-state index in [1.54, 1.807) is 4.90 Å². The molecule has 5 nitrogen and oxygen atoms in total. The number of aliphatic hydroxyl groups is 1. The van der Waals surface area contributed by atoms with E-state index < -0.39 is 5.60 Å². The number of rotatable bonds is 5. The molecule has 0 bridgehead atoms. The molecule has 0 aliphatic carbocycles. The van der Waals surface area contributed by atoms with Crippen molar-refractivity contribution in [3.05, 3.63) is 0 Å². The minimum absolute atomic E-state index is 0.212. The summed E-state index contributed by atoms with van der Waals surface area (Å²) in [5.74, 6) is 0. The number of nitrogens with zero attached hydrogens (tertiary/aromatic N) is 1. The zero-order valence-corrected chi connectivity index (χ0v) is 11.7. The summed E-state index contributed by atoms with van der Waals surface area (Å²) in [4.78, 5) is 13.3. The van der Waals surface area contributed by atoms with E-state index in [4.69, 9.17) is 4.74 Å². The summed E-state index contributed by atoms with van der Waals surface area (Å²) in [6.07, 6.45) is 2.36. The second-order valence-electron chi connectivity index (χ2n) is 5.19. The zero-order chi connectivity index (χ0) is 13.6. The minimum Gasteiger partial charge on any atom is -0.450 e. The number of hydrogen-bond acceptors (Lipinski definition) is 4. The Labute approximate surface area is 109 Å². The molecule has 1 aliphatic heterocycles. The average Bonchev–Trinajstić information content (AvgIpc) is 2.37. The van der Waals surface area contributed by atoms with Gasteiger partial charge >= 0.3 is 6.09 Å². The number of piperidine rings is 1. The van der Waals surface area contributed by atoms with Gasteiger partial charge in [-0.05, 0) is 33.1 Å². The average molecular weight is 258 g/mol. The first-order chi connectivity index (χ1) is 8.48. The molecule has 0 radical (unpaired) electrons. The predicted molar refractivity (Wildman–Crippen MR) is 70.5 cm³/mol. The van der Waals surface area contributed by atoms with Crippen LogP contribution in [0.1, 0.15) is 40.0 Å². The van der Waals surface area contributed by atoms with Crippen LogP contribution in [0.3, 0.4) is 0 Å². The van der Waals surface area contributed by atoms with Crippen LogP contribution in [0.2, 0.25) is 0 Å². The lowest BCUT2D eigenvalue weighted by atomic mass is 10.0. The molecule has 1 fully saturated rings. The standard InChI is InChI=1S/C13H26N2O3/c1-4-13(3,17)10-14-11-6-8-15(9-7-11)12(16)18-5-2/h11,14,17H,4-10H2,1-3H3. The number of ether oxygens (including phenoxy) is 1. The molecule has 106 valence electrons. The SMILES string of the molecule is CCOC(=O)N1CCC(NCC(C)(O)CC)CC1. The van der Waals surface area contributed by atoms with Crippen LogP contribution in [0.5, 0.6) is 0 Å². The molecule has 5 heteroatoms. The third-order valence-corrected chi connectivity index (χ3v) is 3.55. The van der Waals surface area contributed by atoms with E-state index in [-0.39, 0.29) is 6.09 Å². The number of carbonyl (C=O) groups is 1. The van der Waals surface area contributed by atoms with E-state index in [9.17, 15) is 9.90 Å². The monoisotopic (exact) mass is 258 g/mol. The predicted octanol–water partition coefficient (Wildman–Crippen LogP) is 1.36. The second-order valence-corrected chi connectivity index (χ2v) is 5.19. The molecule has 0 aromatic heterocycles. The molecular formula is C13H26N2O3. The molecule has 0 aromatic carbocycles. The highest BCUT2D eigenvalue weighted by Gasteiger charge is 2.25. The quantitative estimate of drug-likeness (QED) is 0.781. The van der Waals surface area contributed by atoms with Gasteiger partial charge in [0.15, 0.2) is 0 Å². The lowest BCUT2D eigenvalue weighted by Gasteiger charge is -2.33. The smallest absolute Gasteiger partial charge is 0.409 e. The van der Waals surface area contributed by atoms with Crippen LogP contribution in [-0.4, -0.2) is 54.0 Å². The fraction of sp³-hybridized carbons (Fsp3) is 0.923. The van der Waals surface area contributed by atoms with Gasteiger partial charge in [-0.3, -0.25) is 0 Å². The first-order valence-electron chi connectivity index (χ1n) is 6.86. The van der Waals surface area contributed by atoms with E-state index in [0.29, 0.717) is 19.2 Å². The first-order valence-corrected chi connectivity index (χ1v) is 6.86. The van der Waals surface area contributed by atoms with Crippen molar-refractivity contribution in [3.8, 4) is 0 Å². The molecule has 0 spiro atoms. The van der Waals surface area contributed by atoms with Gasteiger partial charge in [-0.25, -0.2) is 4.79 Å². The van der Waals surface area contributed by atoms with Gasteiger partial charge in [0.25, 0.3) is 0 Å². The maximum absolute atomic E-state index is 11.5. The van der Waals surface area contributed by atoms with Crippen molar-refractivity contribution in [1.82, 2.24) is 10.2 Å². The molecule has 0 aromatic rings. The van der Waals surface area contributed by atoms with Crippen LogP contribution in [0.4, 0.5) is 4.79 Å². The number of nitrogens with one attached hydrogen (secondary N) is 1. The Kier molecular flexibility index (Phi) is 5.88. The largest absolute Gasteiger partial charge is 0.450 e. The molecule has 1 saturated heterocycles. The van der Waals surface area contributed by atoms with Gasteiger partial charge in [0.05, 0.1) is 12.2 Å². The summed E-state index contributed by atoms with van der Waals surface area (Å²) in [5, 5.41) is 13.3. The molecule has 1 heterocycles. The number of hydrogen-bond donors (Lipinski definition) is 2. The Morgan fingerprint density at radius 2 is 2.06 bits per heavy atom. The van der Waals surface area contributed by atoms with Gasteiger partial charge in [-0.2, -0.15) is 0 Å². The summed E-state index contributed by atoms with van der Waals surface area (Å²) < 4.78 is 4.97. The van der Waals surface area contributed by atoms with E-state index in [1.165, 1.54) is 0 Å². The highest BCUT2D eigenvalue weighted by Crippen LogP contribution is 2.13. The summed E-state index contributed by atoms with van der Waals surface area (Å²) >= 11 is 0. The molecule has 1 unspecified atom stereocenters. The van der Waals surface area contributed by atoms with E-state index in [1.807, 2.05) is 20.8 Å². The van der Waals surface area contributed by atoms with Crippen LogP contribution in [0, 0.1) is 0 Å². The Balaban J connectivity index is 2.25. The number of carbonyl (C=O) groups excluding carboxylic acids is 1. The van der Waals surface area contributed by atoms with Gasteiger partial charge in [0.1, 0.15) is 0 Å². The van der Waals surface area contributed by atoms with Gasteiger partial charge < -0.3 is 20.1 Å². The fourth-order valence-corrected chi connectivity index (χ4v) is 1.97. The van der Waals surface area contributed by atoms with Gasteiger partial charge in [0, 0.05) is 25.7 Å². The van der Waals surface area contributed by atoms with E-state index in [0.717, 1.165) is 32.4 Å². The first kappa shape index (κ1) is 15.2. The third kappa shape index (κ3) is 4.82. The van der Waals surface area contributed by atoms with Crippen molar-refractivity contribution in [3.63, 3.8) is 0 Å². The van der Waals surface area contributed by atoms with Crippen LogP contribution < -0.4 is 5.32 Å².